The van der Waals surface area contributed by atoms with Crippen LogP contribution in [0.3, 0.4) is 0 Å². The molecular weight excluding hydrogens is 411 g/mol. The summed E-state index contributed by atoms with van der Waals surface area (Å²) in [7, 11) is 0. The number of rotatable bonds is 4. The lowest BCUT2D eigenvalue weighted by atomic mass is 10.0. The summed E-state index contributed by atoms with van der Waals surface area (Å²) >= 11 is 0. The topological polar surface area (TPSA) is 94.3 Å². The predicted molar refractivity (Wildman–Crippen MR) is 94.3 cm³/mol. The lowest BCUT2D eigenvalue weighted by Crippen LogP contribution is -2.44. The fourth-order valence-electron chi connectivity index (χ4n) is 2.97. The molecule has 0 saturated carbocycles. The summed E-state index contributed by atoms with van der Waals surface area (Å²) in [4.78, 5) is 21.4. The first-order valence-corrected chi connectivity index (χ1v) is 8.62. The van der Waals surface area contributed by atoms with Gasteiger partial charge in [0.1, 0.15) is 11.5 Å². The number of alkyl halides is 3. The molecule has 2 aromatic rings. The second-order valence-electron chi connectivity index (χ2n) is 6.57. The zero-order chi connectivity index (χ0) is 22.1. The van der Waals surface area contributed by atoms with E-state index in [0.717, 1.165) is 17.3 Å². The van der Waals surface area contributed by atoms with E-state index in [2.05, 4.69) is 20.4 Å². The Labute approximate surface area is 167 Å². The van der Waals surface area contributed by atoms with Gasteiger partial charge in [0.25, 0.3) is 5.91 Å². The molecule has 158 valence electrons. The molecule has 2 heterocycles. The highest BCUT2D eigenvalue weighted by molar-refractivity contribution is 5.95. The van der Waals surface area contributed by atoms with Crippen molar-refractivity contribution in [2.24, 2.45) is 5.11 Å². The molecule has 0 spiro atoms. The quantitative estimate of drug-likeness (QED) is 0.561. The summed E-state index contributed by atoms with van der Waals surface area (Å²) in [5.41, 5.74) is 5.96. The van der Waals surface area contributed by atoms with E-state index < -0.39 is 40.9 Å². The van der Waals surface area contributed by atoms with E-state index in [0.29, 0.717) is 23.9 Å². The van der Waals surface area contributed by atoms with Gasteiger partial charge in [-0.15, -0.1) is 0 Å². The van der Waals surface area contributed by atoms with Crippen LogP contribution in [0.2, 0.25) is 0 Å². The average molecular weight is 426 g/mol. The molecule has 2 N–H and O–H groups in total. The highest BCUT2D eigenvalue weighted by atomic mass is 19.4. The molecular formula is C18H15F5N6O. The van der Waals surface area contributed by atoms with E-state index in [1.165, 1.54) is 0 Å². The number of carbonyl (C=O) groups excluding carboxylic acids is 1. The fraction of sp³-hybridized carbons (Fsp3) is 0.278. The Morgan fingerprint density at radius 1 is 1.27 bits per heavy atom. The number of hydrogen-bond donors (Lipinski definition) is 2. The smallest absolute Gasteiger partial charge is 0.329 e. The number of anilines is 1. The molecule has 1 aliphatic heterocycles. The molecule has 1 aromatic heterocycles. The van der Waals surface area contributed by atoms with Crippen molar-refractivity contribution in [3.8, 4) is 0 Å². The Hall–Kier alpha value is -3.44. The van der Waals surface area contributed by atoms with Crippen molar-refractivity contribution in [3.05, 3.63) is 64.7 Å². The van der Waals surface area contributed by atoms with Crippen LogP contribution >= 0.6 is 0 Å². The number of aromatic nitrogens is 2. The van der Waals surface area contributed by atoms with Crippen LogP contribution in [0, 0.1) is 17.2 Å². The van der Waals surface area contributed by atoms with Crippen molar-refractivity contribution in [1.82, 2.24) is 14.9 Å². The van der Waals surface area contributed by atoms with E-state index in [1.807, 2.05) is 0 Å². The molecule has 0 unspecified atom stereocenters. The Kier molecular flexibility index (Phi) is 5.76. The average Bonchev–Trinajstić information content (AvgIpc) is 2.69. The lowest BCUT2D eigenvalue weighted by Gasteiger charge is -2.35. The Morgan fingerprint density at radius 2 is 1.93 bits per heavy atom. The summed E-state index contributed by atoms with van der Waals surface area (Å²) in [6, 6.07) is 1.04. The Morgan fingerprint density at radius 3 is 2.53 bits per heavy atom. The van der Waals surface area contributed by atoms with Crippen LogP contribution < -0.4 is 5.32 Å². The van der Waals surface area contributed by atoms with E-state index in [4.69, 9.17) is 5.53 Å². The van der Waals surface area contributed by atoms with Crippen molar-refractivity contribution in [3.63, 3.8) is 0 Å². The first-order valence-electron chi connectivity index (χ1n) is 8.62. The third-order valence-electron chi connectivity index (χ3n) is 4.50. The van der Waals surface area contributed by atoms with Gasteiger partial charge in [0.2, 0.25) is 5.95 Å². The predicted octanol–water partition coefficient (Wildman–Crippen LogP) is 4.36. The Bertz CT molecular complexity index is 1010. The third-order valence-corrected chi connectivity index (χ3v) is 4.50. The molecule has 1 atom stereocenters. The van der Waals surface area contributed by atoms with Crippen LogP contribution in [-0.2, 0) is 6.18 Å². The van der Waals surface area contributed by atoms with Crippen LogP contribution in [0.5, 0.6) is 0 Å². The second kappa shape index (κ2) is 8.13. The number of amides is 1. The van der Waals surface area contributed by atoms with Gasteiger partial charge in [0.15, 0.2) is 5.82 Å². The first kappa shape index (κ1) is 21.3. The van der Waals surface area contributed by atoms with Gasteiger partial charge >= 0.3 is 6.18 Å². The van der Waals surface area contributed by atoms with Gasteiger partial charge in [-0.05, 0) is 25.1 Å². The zero-order valence-corrected chi connectivity index (χ0v) is 15.5. The van der Waals surface area contributed by atoms with Crippen LogP contribution in [0.25, 0.3) is 0 Å². The van der Waals surface area contributed by atoms with E-state index in [9.17, 15) is 26.7 Å². The van der Waals surface area contributed by atoms with Gasteiger partial charge in [-0.1, -0.05) is 0 Å². The Balaban J connectivity index is 1.88. The number of nitrogens with zero attached hydrogens (tertiary/aromatic N) is 4. The fourth-order valence-corrected chi connectivity index (χ4v) is 2.97. The number of nitrogens with one attached hydrogen (secondary N) is 2. The maximum Gasteiger partial charge on any atom is 0.416 e. The number of hydrogen-bond acceptors (Lipinski definition) is 6. The van der Waals surface area contributed by atoms with E-state index in [-0.39, 0.29) is 24.6 Å². The summed E-state index contributed by atoms with van der Waals surface area (Å²) in [5, 5.41) is 6.15. The summed E-state index contributed by atoms with van der Waals surface area (Å²) in [5.74, 6) is -2.64. The van der Waals surface area contributed by atoms with Gasteiger partial charge in [-0.2, -0.15) is 18.3 Å². The van der Waals surface area contributed by atoms with Crippen molar-refractivity contribution < 1.29 is 26.7 Å². The van der Waals surface area contributed by atoms with E-state index in [1.54, 1.807) is 6.92 Å². The van der Waals surface area contributed by atoms with Gasteiger partial charge in [0.05, 0.1) is 30.1 Å². The number of benzene rings is 1. The van der Waals surface area contributed by atoms with Crippen LogP contribution in [0.15, 0.2) is 47.1 Å². The monoisotopic (exact) mass is 426 g/mol. The molecule has 12 heteroatoms. The maximum absolute atomic E-state index is 14.1. The minimum absolute atomic E-state index is 0.0449. The first-order chi connectivity index (χ1) is 14.1. The minimum atomic E-state index is -4.73. The molecule has 1 aromatic carbocycles. The van der Waals surface area contributed by atoms with Crippen LogP contribution in [-0.4, -0.2) is 33.4 Å². The molecule has 1 amide bonds. The SMILES string of the molecule is C[C@H]1CC(Nc2ncc(F)cn2)=C(N=N)CN1C(=O)c1cc(C(F)(F)F)ccc1F. The van der Waals surface area contributed by atoms with Crippen LogP contribution in [0.4, 0.5) is 27.9 Å². The van der Waals surface area contributed by atoms with Crippen molar-refractivity contribution in [2.75, 3.05) is 11.9 Å². The van der Waals surface area contributed by atoms with Crippen molar-refractivity contribution >= 4 is 11.9 Å². The number of halogens is 5. The molecule has 0 radical (unpaired) electrons. The summed E-state index contributed by atoms with van der Waals surface area (Å²) < 4.78 is 65.9. The standard InChI is InChI=1S/C18H15F5N6O/c1-9-4-14(27-17-25-6-11(19)7-26-17)15(28-24)8-29(9)16(30)12-5-10(18(21,22)23)2-3-13(12)20/h2-3,5-7,9,24H,4,8H2,1H3,(H,25,26,27)/t9-/m0/s1. The number of carbonyl (C=O) groups is 1. The van der Waals surface area contributed by atoms with E-state index >= 15 is 0 Å². The molecule has 0 saturated heterocycles. The molecule has 0 fully saturated rings. The summed E-state index contributed by atoms with van der Waals surface area (Å²) in [6.07, 6.45) is -2.74. The molecule has 3 rings (SSSR count). The highest BCUT2D eigenvalue weighted by Gasteiger charge is 2.35. The second-order valence-corrected chi connectivity index (χ2v) is 6.57. The van der Waals surface area contributed by atoms with Gasteiger partial charge in [-0.25, -0.2) is 24.3 Å². The maximum atomic E-state index is 14.1. The largest absolute Gasteiger partial charge is 0.416 e. The molecule has 0 bridgehead atoms. The third kappa shape index (κ3) is 4.42. The highest BCUT2D eigenvalue weighted by Crippen LogP contribution is 2.32. The molecule has 30 heavy (non-hydrogen) atoms. The summed E-state index contributed by atoms with van der Waals surface area (Å²) in [6.45, 7) is 1.36. The zero-order valence-electron chi connectivity index (χ0n) is 15.5. The molecule has 1 aliphatic rings. The minimum Gasteiger partial charge on any atom is -0.329 e. The molecule has 0 aliphatic carbocycles. The van der Waals surface area contributed by atoms with Crippen LogP contribution in [0.1, 0.15) is 29.3 Å². The van der Waals surface area contributed by atoms with Gasteiger partial charge in [0, 0.05) is 18.2 Å². The van der Waals surface area contributed by atoms with Crippen molar-refractivity contribution in [1.29, 1.82) is 5.53 Å². The lowest BCUT2D eigenvalue weighted by molar-refractivity contribution is -0.137. The van der Waals surface area contributed by atoms with Gasteiger partial charge in [-0.3, -0.25) is 4.79 Å². The molecule has 7 nitrogen and oxygen atoms in total. The van der Waals surface area contributed by atoms with Gasteiger partial charge < -0.3 is 10.2 Å². The van der Waals surface area contributed by atoms with Crippen molar-refractivity contribution in [2.45, 2.75) is 25.6 Å². The normalized spacial score (nSPS) is 17.1.